The van der Waals surface area contributed by atoms with Gasteiger partial charge in [-0.3, -0.25) is 4.79 Å². The van der Waals surface area contributed by atoms with Crippen LogP contribution in [0.3, 0.4) is 0 Å². The topological polar surface area (TPSA) is 29.1 Å². The van der Waals surface area contributed by atoms with Gasteiger partial charge in [-0.25, -0.2) is 0 Å². The van der Waals surface area contributed by atoms with Gasteiger partial charge in [0.05, 0.1) is 0 Å². The maximum atomic E-state index is 12.1. The Labute approximate surface area is 144 Å². The van der Waals surface area contributed by atoms with Crippen LogP contribution in [-0.2, 0) is 4.79 Å². The van der Waals surface area contributed by atoms with Crippen molar-refractivity contribution in [2.45, 2.75) is 31.6 Å². The maximum absolute atomic E-state index is 12.1. The van der Waals surface area contributed by atoms with E-state index < -0.39 is 0 Å². The molecule has 0 radical (unpaired) electrons. The predicted octanol–water partition coefficient (Wildman–Crippen LogP) is 4.68. The second-order valence-electron chi connectivity index (χ2n) is 6.48. The van der Waals surface area contributed by atoms with E-state index in [1.54, 1.807) is 0 Å². The van der Waals surface area contributed by atoms with Crippen LogP contribution in [0.15, 0.2) is 72.8 Å². The van der Waals surface area contributed by atoms with Crippen molar-refractivity contribution in [2.24, 2.45) is 5.92 Å². The van der Waals surface area contributed by atoms with Crippen LogP contribution < -0.4 is 5.32 Å². The van der Waals surface area contributed by atoms with Crippen LogP contribution >= 0.6 is 0 Å². The van der Waals surface area contributed by atoms with Gasteiger partial charge in [-0.2, -0.15) is 0 Å². The van der Waals surface area contributed by atoms with Crippen LogP contribution in [0.1, 0.15) is 42.7 Å². The monoisotopic (exact) mass is 319 g/mol. The number of carbonyl (C=O) groups excluding carboxylic acids is 1. The number of rotatable bonds is 7. The molecule has 1 aliphatic carbocycles. The molecule has 24 heavy (non-hydrogen) atoms. The Morgan fingerprint density at radius 3 is 2.17 bits per heavy atom. The summed E-state index contributed by atoms with van der Waals surface area (Å²) in [6.45, 7) is 0.712. The zero-order chi connectivity index (χ0) is 16.6. The van der Waals surface area contributed by atoms with E-state index in [1.807, 2.05) is 12.1 Å². The molecule has 0 saturated carbocycles. The van der Waals surface area contributed by atoms with E-state index in [0.717, 1.165) is 19.3 Å². The highest BCUT2D eigenvalue weighted by atomic mass is 16.1. The highest BCUT2D eigenvalue weighted by Crippen LogP contribution is 2.27. The molecule has 2 nitrogen and oxygen atoms in total. The SMILES string of the molecule is O=C(C[C@H]1C=CCC1)NCCC(c1ccccc1)c1ccccc1. The van der Waals surface area contributed by atoms with E-state index in [1.165, 1.54) is 11.1 Å². The Kier molecular flexibility index (Phi) is 5.84. The van der Waals surface area contributed by atoms with Crippen LogP contribution in [0, 0.1) is 5.92 Å². The van der Waals surface area contributed by atoms with E-state index in [0.29, 0.717) is 24.8 Å². The summed E-state index contributed by atoms with van der Waals surface area (Å²) in [6, 6.07) is 21.1. The number of amides is 1. The van der Waals surface area contributed by atoms with E-state index >= 15 is 0 Å². The zero-order valence-corrected chi connectivity index (χ0v) is 14.0. The van der Waals surface area contributed by atoms with Crippen LogP contribution in [0.25, 0.3) is 0 Å². The summed E-state index contributed by atoms with van der Waals surface area (Å²) in [7, 11) is 0. The molecule has 0 fully saturated rings. The van der Waals surface area contributed by atoms with E-state index in [-0.39, 0.29) is 5.91 Å². The van der Waals surface area contributed by atoms with Gasteiger partial charge in [0.2, 0.25) is 5.91 Å². The van der Waals surface area contributed by atoms with Crippen LogP contribution in [0.4, 0.5) is 0 Å². The minimum atomic E-state index is 0.173. The Balaban J connectivity index is 1.58. The molecule has 1 aliphatic rings. The fourth-order valence-electron chi connectivity index (χ4n) is 3.43. The maximum Gasteiger partial charge on any atom is 0.220 e. The third kappa shape index (κ3) is 4.58. The molecule has 0 aliphatic heterocycles. The highest BCUT2D eigenvalue weighted by Gasteiger charge is 2.16. The molecule has 0 aromatic heterocycles. The molecule has 1 N–H and O–H groups in total. The van der Waals surface area contributed by atoms with Gasteiger partial charge >= 0.3 is 0 Å². The number of nitrogens with one attached hydrogen (secondary N) is 1. The average Bonchev–Trinajstić information content (AvgIpc) is 3.13. The molecule has 3 rings (SSSR count). The Morgan fingerprint density at radius 2 is 1.62 bits per heavy atom. The van der Waals surface area contributed by atoms with Gasteiger partial charge in [0.25, 0.3) is 0 Å². The Hall–Kier alpha value is -2.35. The molecule has 1 atom stereocenters. The fraction of sp³-hybridized carbons (Fsp3) is 0.318. The van der Waals surface area contributed by atoms with Crippen LogP contribution in [0.2, 0.25) is 0 Å². The molecule has 0 heterocycles. The second-order valence-corrected chi connectivity index (χ2v) is 6.48. The fourth-order valence-corrected chi connectivity index (χ4v) is 3.43. The van der Waals surface area contributed by atoms with Crippen molar-refractivity contribution in [2.75, 3.05) is 6.54 Å². The smallest absolute Gasteiger partial charge is 0.220 e. The summed E-state index contributed by atoms with van der Waals surface area (Å²) in [5.41, 5.74) is 2.60. The second kappa shape index (κ2) is 8.49. The highest BCUT2D eigenvalue weighted by molar-refractivity contribution is 5.76. The lowest BCUT2D eigenvalue weighted by Crippen LogP contribution is -2.27. The van der Waals surface area contributed by atoms with Gasteiger partial charge in [0, 0.05) is 18.9 Å². The summed E-state index contributed by atoms with van der Waals surface area (Å²) in [5.74, 6) is 0.926. The lowest BCUT2D eigenvalue weighted by atomic mass is 9.88. The molecule has 1 amide bonds. The third-order valence-corrected chi connectivity index (χ3v) is 4.72. The average molecular weight is 319 g/mol. The molecular formula is C22H25NO. The van der Waals surface area contributed by atoms with E-state index in [2.05, 4.69) is 66.0 Å². The minimum Gasteiger partial charge on any atom is -0.356 e. The summed E-state index contributed by atoms with van der Waals surface area (Å²) >= 11 is 0. The first-order chi connectivity index (χ1) is 11.8. The van der Waals surface area contributed by atoms with Gasteiger partial charge in [-0.05, 0) is 36.3 Å². The summed E-state index contributed by atoms with van der Waals surface area (Å²) < 4.78 is 0. The van der Waals surface area contributed by atoms with Crippen molar-refractivity contribution < 1.29 is 4.79 Å². The molecular weight excluding hydrogens is 294 g/mol. The Bertz CT molecular complexity index is 623. The molecule has 2 aromatic carbocycles. The molecule has 0 spiro atoms. The Morgan fingerprint density at radius 1 is 1.00 bits per heavy atom. The van der Waals surface area contributed by atoms with Crippen molar-refractivity contribution in [3.05, 3.63) is 83.9 Å². The van der Waals surface area contributed by atoms with Gasteiger partial charge in [0.15, 0.2) is 0 Å². The number of hydrogen-bond acceptors (Lipinski definition) is 1. The summed E-state index contributed by atoms with van der Waals surface area (Å²) in [6.07, 6.45) is 8.12. The standard InChI is InChI=1S/C22H25NO/c24-22(17-18-9-7-8-10-18)23-16-15-21(19-11-3-1-4-12-19)20-13-5-2-6-14-20/h1-7,9,11-14,18,21H,8,10,15-17H2,(H,23,24)/t18-/m0/s1. The van der Waals surface area contributed by atoms with E-state index in [9.17, 15) is 4.79 Å². The van der Waals surface area contributed by atoms with Gasteiger partial charge in [0.1, 0.15) is 0 Å². The first kappa shape index (κ1) is 16.5. The van der Waals surface area contributed by atoms with Gasteiger partial charge < -0.3 is 5.32 Å². The number of hydrogen-bond donors (Lipinski definition) is 1. The number of benzene rings is 2. The normalized spacial score (nSPS) is 16.5. The summed E-state index contributed by atoms with van der Waals surface area (Å²) in [4.78, 5) is 12.1. The lowest BCUT2D eigenvalue weighted by molar-refractivity contribution is -0.121. The zero-order valence-electron chi connectivity index (χ0n) is 14.0. The number of carbonyl (C=O) groups is 1. The predicted molar refractivity (Wildman–Crippen MR) is 98.8 cm³/mol. The van der Waals surface area contributed by atoms with Crippen LogP contribution in [0.5, 0.6) is 0 Å². The van der Waals surface area contributed by atoms with Crippen LogP contribution in [-0.4, -0.2) is 12.5 Å². The lowest BCUT2D eigenvalue weighted by Gasteiger charge is -2.18. The number of allylic oxidation sites excluding steroid dienone is 2. The van der Waals surface area contributed by atoms with Crippen molar-refractivity contribution in [1.29, 1.82) is 0 Å². The summed E-state index contributed by atoms with van der Waals surface area (Å²) in [5, 5.41) is 3.11. The molecule has 0 unspecified atom stereocenters. The van der Waals surface area contributed by atoms with Gasteiger partial charge in [-0.15, -0.1) is 0 Å². The van der Waals surface area contributed by atoms with Crippen molar-refractivity contribution in [3.63, 3.8) is 0 Å². The third-order valence-electron chi connectivity index (χ3n) is 4.72. The molecule has 2 aromatic rings. The van der Waals surface area contributed by atoms with Crippen molar-refractivity contribution >= 4 is 5.91 Å². The first-order valence-electron chi connectivity index (χ1n) is 8.86. The first-order valence-corrected chi connectivity index (χ1v) is 8.86. The quantitative estimate of drug-likeness (QED) is 0.738. The largest absolute Gasteiger partial charge is 0.356 e. The molecule has 0 saturated heterocycles. The van der Waals surface area contributed by atoms with Crippen molar-refractivity contribution in [3.8, 4) is 0 Å². The molecule has 0 bridgehead atoms. The molecule has 124 valence electrons. The van der Waals surface area contributed by atoms with E-state index in [4.69, 9.17) is 0 Å². The minimum absolute atomic E-state index is 0.173. The molecule has 2 heteroatoms. The van der Waals surface area contributed by atoms with Gasteiger partial charge in [-0.1, -0.05) is 72.8 Å². The van der Waals surface area contributed by atoms with Crippen molar-refractivity contribution in [1.82, 2.24) is 5.32 Å².